The van der Waals surface area contributed by atoms with Crippen molar-refractivity contribution in [1.82, 2.24) is 9.97 Å². The molecule has 0 saturated carbocycles. The predicted molar refractivity (Wildman–Crippen MR) is 100 cm³/mol. The van der Waals surface area contributed by atoms with Crippen LogP contribution in [0.2, 0.25) is 5.02 Å². The van der Waals surface area contributed by atoms with Crippen LogP contribution in [0.1, 0.15) is 5.56 Å². The first kappa shape index (κ1) is 16.6. The molecular weight excluding hydrogens is 354 g/mol. The Labute approximate surface area is 154 Å². The van der Waals surface area contributed by atoms with Crippen LogP contribution in [-0.2, 0) is 0 Å². The molecule has 0 bridgehead atoms. The normalized spacial score (nSPS) is 11.1. The highest BCUT2D eigenvalue weighted by atomic mass is 35.5. The van der Waals surface area contributed by atoms with Crippen LogP contribution in [0.25, 0.3) is 33.4 Å². The molecule has 128 valence electrons. The van der Waals surface area contributed by atoms with E-state index < -0.39 is 11.6 Å². The summed E-state index contributed by atoms with van der Waals surface area (Å²) in [6, 6.07) is 15.6. The van der Waals surface area contributed by atoms with E-state index in [0.717, 1.165) is 17.2 Å². The molecule has 0 fully saturated rings. The Morgan fingerprint density at radius 1 is 0.923 bits per heavy atom. The number of aromatic nitrogens is 2. The molecule has 0 aliphatic rings. The van der Waals surface area contributed by atoms with E-state index in [4.69, 9.17) is 11.6 Å². The average Bonchev–Trinajstić information content (AvgIpc) is 2.65. The molecule has 0 amide bonds. The third-order valence-corrected chi connectivity index (χ3v) is 4.75. The molecule has 0 radical (unpaired) electrons. The van der Waals surface area contributed by atoms with Gasteiger partial charge in [0, 0.05) is 18.3 Å². The lowest BCUT2D eigenvalue weighted by atomic mass is 10.0. The number of nitrogens with zero attached hydrogens (tertiary/aromatic N) is 2. The van der Waals surface area contributed by atoms with Crippen LogP contribution in [0, 0.1) is 18.6 Å². The number of fused-ring (bicyclic) bond motifs is 1. The monoisotopic (exact) mass is 366 g/mol. The number of benzene rings is 2. The molecule has 2 heterocycles. The molecule has 0 spiro atoms. The van der Waals surface area contributed by atoms with Gasteiger partial charge in [0.2, 0.25) is 0 Å². The van der Waals surface area contributed by atoms with Crippen molar-refractivity contribution in [2.45, 2.75) is 6.92 Å². The molecule has 26 heavy (non-hydrogen) atoms. The Kier molecular flexibility index (Phi) is 4.13. The van der Waals surface area contributed by atoms with Crippen LogP contribution in [0.3, 0.4) is 0 Å². The second-order valence-corrected chi connectivity index (χ2v) is 6.35. The van der Waals surface area contributed by atoms with Gasteiger partial charge in [-0.15, -0.1) is 0 Å². The summed E-state index contributed by atoms with van der Waals surface area (Å²) >= 11 is 6.37. The predicted octanol–water partition coefficient (Wildman–Crippen LogP) is 6.20. The third-order valence-electron chi connectivity index (χ3n) is 4.28. The number of hydrogen-bond donors (Lipinski definition) is 0. The van der Waals surface area contributed by atoms with Gasteiger partial charge in [0.15, 0.2) is 0 Å². The van der Waals surface area contributed by atoms with E-state index in [2.05, 4.69) is 9.97 Å². The lowest BCUT2D eigenvalue weighted by molar-refractivity contribution is 0.591. The maximum Gasteiger partial charge on any atom is 0.137 e. The van der Waals surface area contributed by atoms with Crippen molar-refractivity contribution in [2.75, 3.05) is 0 Å². The zero-order chi connectivity index (χ0) is 18.3. The Morgan fingerprint density at radius 3 is 2.46 bits per heavy atom. The third kappa shape index (κ3) is 2.82. The maximum absolute atomic E-state index is 14.1. The van der Waals surface area contributed by atoms with Crippen LogP contribution in [0.5, 0.6) is 0 Å². The van der Waals surface area contributed by atoms with Crippen LogP contribution < -0.4 is 0 Å². The number of halogens is 3. The van der Waals surface area contributed by atoms with Gasteiger partial charge in [0.05, 0.1) is 27.3 Å². The molecule has 0 aliphatic heterocycles. The molecular formula is C21H13ClF2N2. The van der Waals surface area contributed by atoms with Gasteiger partial charge in [-0.1, -0.05) is 41.9 Å². The minimum absolute atomic E-state index is 0.119. The first-order valence-electron chi connectivity index (χ1n) is 8.01. The fourth-order valence-corrected chi connectivity index (χ4v) is 3.26. The highest BCUT2D eigenvalue weighted by Gasteiger charge is 2.17. The molecule has 2 nitrogen and oxygen atoms in total. The molecule has 4 rings (SSSR count). The lowest BCUT2D eigenvalue weighted by Crippen LogP contribution is -1.97. The topological polar surface area (TPSA) is 25.8 Å². The summed E-state index contributed by atoms with van der Waals surface area (Å²) < 4.78 is 27.7. The van der Waals surface area contributed by atoms with Gasteiger partial charge in [0.25, 0.3) is 0 Å². The average molecular weight is 367 g/mol. The van der Waals surface area contributed by atoms with Crippen molar-refractivity contribution < 1.29 is 8.78 Å². The van der Waals surface area contributed by atoms with Crippen molar-refractivity contribution in [3.8, 4) is 22.5 Å². The highest BCUT2D eigenvalue weighted by molar-refractivity contribution is 6.36. The molecule has 2 aromatic carbocycles. The fraction of sp³-hybridized carbons (Fsp3) is 0.0476. The summed E-state index contributed by atoms with van der Waals surface area (Å²) in [5.74, 6) is -1.42. The second-order valence-electron chi connectivity index (χ2n) is 5.98. The van der Waals surface area contributed by atoms with Gasteiger partial charge < -0.3 is 0 Å². The molecule has 0 atom stereocenters. The Hall–Kier alpha value is -2.85. The molecule has 5 heteroatoms. The highest BCUT2D eigenvalue weighted by Crippen LogP contribution is 2.35. The van der Waals surface area contributed by atoms with Gasteiger partial charge >= 0.3 is 0 Å². The molecule has 4 aromatic rings. The van der Waals surface area contributed by atoms with Crippen molar-refractivity contribution in [1.29, 1.82) is 0 Å². The second kappa shape index (κ2) is 6.46. The van der Waals surface area contributed by atoms with E-state index in [-0.39, 0.29) is 15.9 Å². The zero-order valence-corrected chi connectivity index (χ0v) is 14.6. The van der Waals surface area contributed by atoms with Gasteiger partial charge in [0.1, 0.15) is 11.6 Å². The Morgan fingerprint density at radius 2 is 1.69 bits per heavy atom. The van der Waals surface area contributed by atoms with E-state index in [9.17, 15) is 8.78 Å². The molecule has 2 aromatic heterocycles. The SMILES string of the molecule is Cc1c(-c2cc(-c3ccccc3)ccn2)nc2cc(F)cc(F)c2c1Cl. The van der Waals surface area contributed by atoms with E-state index in [1.807, 2.05) is 42.5 Å². The zero-order valence-electron chi connectivity index (χ0n) is 13.8. The minimum Gasteiger partial charge on any atom is -0.255 e. The van der Waals surface area contributed by atoms with Crippen molar-refractivity contribution in [2.24, 2.45) is 0 Å². The van der Waals surface area contributed by atoms with E-state index in [1.165, 1.54) is 6.07 Å². The van der Waals surface area contributed by atoms with Crippen molar-refractivity contribution in [3.05, 3.63) is 83.0 Å². The summed E-state index contributed by atoms with van der Waals surface area (Å²) in [5, 5.41) is 0.336. The van der Waals surface area contributed by atoms with Crippen LogP contribution in [0.4, 0.5) is 8.78 Å². The van der Waals surface area contributed by atoms with E-state index in [1.54, 1.807) is 13.1 Å². The summed E-state index contributed by atoms with van der Waals surface area (Å²) in [4.78, 5) is 8.82. The summed E-state index contributed by atoms with van der Waals surface area (Å²) in [6.07, 6.45) is 1.68. The molecule has 0 unspecified atom stereocenters. The Bertz CT molecular complexity index is 1130. The van der Waals surface area contributed by atoms with Gasteiger partial charge in [-0.2, -0.15) is 0 Å². The smallest absolute Gasteiger partial charge is 0.137 e. The fourth-order valence-electron chi connectivity index (χ4n) is 2.98. The first-order valence-corrected chi connectivity index (χ1v) is 8.39. The van der Waals surface area contributed by atoms with E-state index in [0.29, 0.717) is 17.0 Å². The largest absolute Gasteiger partial charge is 0.255 e. The Balaban J connectivity index is 1.94. The number of pyridine rings is 2. The van der Waals surface area contributed by atoms with Gasteiger partial charge in [-0.05, 0) is 35.7 Å². The standard InChI is InChI=1S/C21H13ClF2N2/c1-12-20(22)19-16(24)10-15(23)11-17(19)26-21(12)18-9-14(7-8-25-18)13-5-3-2-4-6-13/h2-11H,1H3. The summed E-state index contributed by atoms with van der Waals surface area (Å²) in [6.45, 7) is 1.75. The van der Waals surface area contributed by atoms with Crippen molar-refractivity contribution in [3.63, 3.8) is 0 Å². The van der Waals surface area contributed by atoms with Crippen LogP contribution in [0.15, 0.2) is 60.8 Å². The summed E-state index contributed by atoms with van der Waals surface area (Å²) in [7, 11) is 0. The molecule has 0 saturated heterocycles. The maximum atomic E-state index is 14.1. The number of rotatable bonds is 2. The van der Waals surface area contributed by atoms with Gasteiger partial charge in [-0.25, -0.2) is 13.8 Å². The molecule has 0 N–H and O–H groups in total. The first-order chi connectivity index (χ1) is 12.5. The van der Waals surface area contributed by atoms with Crippen molar-refractivity contribution >= 4 is 22.5 Å². The lowest BCUT2D eigenvalue weighted by Gasteiger charge is -2.11. The molecule has 0 aliphatic carbocycles. The van der Waals surface area contributed by atoms with Crippen LogP contribution in [-0.4, -0.2) is 9.97 Å². The summed E-state index contributed by atoms with van der Waals surface area (Å²) in [5.41, 5.74) is 3.88. The van der Waals surface area contributed by atoms with Gasteiger partial charge in [-0.3, -0.25) is 4.98 Å². The number of hydrogen-bond acceptors (Lipinski definition) is 2. The van der Waals surface area contributed by atoms with Crippen LogP contribution >= 0.6 is 11.6 Å². The quantitative estimate of drug-likeness (QED) is 0.422. The van der Waals surface area contributed by atoms with E-state index >= 15 is 0 Å². The minimum atomic E-state index is -0.724.